The van der Waals surface area contributed by atoms with Gasteiger partial charge in [-0.25, -0.2) is 0 Å². The molecule has 0 aliphatic rings. The smallest absolute Gasteiger partial charge is 0.249 e. The van der Waals surface area contributed by atoms with Gasteiger partial charge in [0.1, 0.15) is 11.7 Å². The van der Waals surface area contributed by atoms with E-state index in [0.717, 1.165) is 11.4 Å². The third kappa shape index (κ3) is 3.24. The standard InChI is InChI=1S/C14H17BrN4O2/c1-8-5-9(2)19(17-8)10(3)14(21)16-12-7-18(4)6-11(15)13(12)20/h5-7,10H,1-4H3,(H,16,21). The van der Waals surface area contributed by atoms with E-state index in [1.165, 1.54) is 0 Å². The molecule has 2 heterocycles. The Morgan fingerprint density at radius 1 is 1.38 bits per heavy atom. The van der Waals surface area contributed by atoms with Crippen molar-refractivity contribution in [2.75, 3.05) is 5.32 Å². The van der Waals surface area contributed by atoms with Crippen LogP contribution in [0, 0.1) is 13.8 Å². The number of aryl methyl sites for hydroxylation is 3. The first-order valence-corrected chi connectivity index (χ1v) is 7.28. The highest BCUT2D eigenvalue weighted by Crippen LogP contribution is 2.14. The molecule has 1 amide bonds. The lowest BCUT2D eigenvalue weighted by Crippen LogP contribution is -2.28. The highest BCUT2D eigenvalue weighted by Gasteiger charge is 2.19. The molecule has 0 fully saturated rings. The normalized spacial score (nSPS) is 12.2. The number of carbonyl (C=O) groups excluding carboxylic acids is 1. The molecule has 0 saturated carbocycles. The lowest BCUT2D eigenvalue weighted by Gasteiger charge is -2.14. The summed E-state index contributed by atoms with van der Waals surface area (Å²) in [6, 6.07) is 1.41. The van der Waals surface area contributed by atoms with E-state index in [4.69, 9.17) is 0 Å². The summed E-state index contributed by atoms with van der Waals surface area (Å²) in [6.07, 6.45) is 3.22. The number of pyridine rings is 1. The summed E-state index contributed by atoms with van der Waals surface area (Å²) in [5.74, 6) is -0.281. The second-order valence-electron chi connectivity index (χ2n) is 5.05. The largest absolute Gasteiger partial charge is 0.354 e. The fraction of sp³-hybridized carbons (Fsp3) is 0.357. The van der Waals surface area contributed by atoms with E-state index in [1.54, 1.807) is 35.6 Å². The van der Waals surface area contributed by atoms with Crippen LogP contribution in [0.1, 0.15) is 24.4 Å². The van der Waals surface area contributed by atoms with Crippen molar-refractivity contribution in [2.45, 2.75) is 26.8 Å². The second-order valence-corrected chi connectivity index (χ2v) is 5.91. The number of rotatable bonds is 3. The van der Waals surface area contributed by atoms with Crippen LogP contribution >= 0.6 is 15.9 Å². The minimum atomic E-state index is -0.498. The lowest BCUT2D eigenvalue weighted by molar-refractivity contribution is -0.119. The molecule has 0 aromatic carbocycles. The summed E-state index contributed by atoms with van der Waals surface area (Å²) in [4.78, 5) is 24.3. The van der Waals surface area contributed by atoms with Crippen LogP contribution in [0.3, 0.4) is 0 Å². The Bertz CT molecular complexity index is 748. The fourth-order valence-corrected chi connectivity index (χ4v) is 2.68. The van der Waals surface area contributed by atoms with Gasteiger partial charge in [-0.05, 0) is 42.8 Å². The van der Waals surface area contributed by atoms with Crippen LogP contribution in [0.4, 0.5) is 5.69 Å². The molecule has 1 N–H and O–H groups in total. The number of aromatic nitrogens is 3. The zero-order chi connectivity index (χ0) is 15.7. The molecule has 112 valence electrons. The van der Waals surface area contributed by atoms with Gasteiger partial charge in [-0.3, -0.25) is 14.3 Å². The predicted molar refractivity (Wildman–Crippen MR) is 84.4 cm³/mol. The first-order chi connectivity index (χ1) is 9.79. The molecule has 2 rings (SSSR count). The molecule has 6 nitrogen and oxygen atoms in total. The molecule has 0 bridgehead atoms. The van der Waals surface area contributed by atoms with Crippen molar-refractivity contribution < 1.29 is 4.79 Å². The van der Waals surface area contributed by atoms with Crippen molar-refractivity contribution >= 4 is 27.5 Å². The van der Waals surface area contributed by atoms with Gasteiger partial charge in [0.25, 0.3) is 0 Å². The Morgan fingerprint density at radius 3 is 2.62 bits per heavy atom. The lowest BCUT2D eigenvalue weighted by atomic mass is 10.3. The number of halogens is 1. The Labute approximate surface area is 130 Å². The highest BCUT2D eigenvalue weighted by atomic mass is 79.9. The van der Waals surface area contributed by atoms with E-state index >= 15 is 0 Å². The Hall–Kier alpha value is -1.89. The summed E-state index contributed by atoms with van der Waals surface area (Å²) in [5, 5.41) is 6.96. The van der Waals surface area contributed by atoms with Crippen molar-refractivity contribution in [3.63, 3.8) is 0 Å². The van der Waals surface area contributed by atoms with Gasteiger partial charge in [0, 0.05) is 25.1 Å². The maximum Gasteiger partial charge on any atom is 0.249 e. The molecular formula is C14H17BrN4O2. The summed E-state index contributed by atoms with van der Waals surface area (Å²) < 4.78 is 3.75. The average molecular weight is 353 g/mol. The van der Waals surface area contributed by atoms with E-state index < -0.39 is 6.04 Å². The number of anilines is 1. The molecule has 2 aromatic heterocycles. The molecule has 2 aromatic rings. The van der Waals surface area contributed by atoms with Crippen LogP contribution in [0.5, 0.6) is 0 Å². The minimum Gasteiger partial charge on any atom is -0.354 e. The first kappa shape index (κ1) is 15.5. The van der Waals surface area contributed by atoms with Crippen molar-refractivity contribution in [1.29, 1.82) is 0 Å². The van der Waals surface area contributed by atoms with Gasteiger partial charge in [0.2, 0.25) is 11.3 Å². The third-order valence-electron chi connectivity index (χ3n) is 3.16. The molecule has 1 atom stereocenters. The van der Waals surface area contributed by atoms with Crippen molar-refractivity contribution in [2.24, 2.45) is 7.05 Å². The second kappa shape index (κ2) is 5.85. The number of hydrogen-bond donors (Lipinski definition) is 1. The molecule has 21 heavy (non-hydrogen) atoms. The molecule has 7 heteroatoms. The van der Waals surface area contributed by atoms with Crippen molar-refractivity contribution in [1.82, 2.24) is 14.3 Å². The van der Waals surface area contributed by atoms with Gasteiger partial charge in [0.05, 0.1) is 10.2 Å². The predicted octanol–water partition coefficient (Wildman–Crippen LogP) is 2.16. The summed E-state index contributed by atoms with van der Waals surface area (Å²) in [6.45, 7) is 5.51. The van der Waals surface area contributed by atoms with Gasteiger partial charge < -0.3 is 9.88 Å². The maximum atomic E-state index is 12.3. The van der Waals surface area contributed by atoms with Gasteiger partial charge in [-0.1, -0.05) is 0 Å². The zero-order valence-electron chi connectivity index (χ0n) is 12.3. The summed E-state index contributed by atoms with van der Waals surface area (Å²) in [5.41, 5.74) is 1.75. The monoisotopic (exact) mass is 352 g/mol. The van der Waals surface area contributed by atoms with Crippen LogP contribution in [-0.4, -0.2) is 20.3 Å². The highest BCUT2D eigenvalue weighted by molar-refractivity contribution is 9.10. The van der Waals surface area contributed by atoms with Gasteiger partial charge in [0.15, 0.2) is 0 Å². The van der Waals surface area contributed by atoms with E-state index in [9.17, 15) is 9.59 Å². The Kier molecular flexibility index (Phi) is 4.32. The molecule has 0 radical (unpaired) electrons. The summed E-state index contributed by atoms with van der Waals surface area (Å²) >= 11 is 3.18. The van der Waals surface area contributed by atoms with Gasteiger partial charge >= 0.3 is 0 Å². The van der Waals surface area contributed by atoms with Crippen molar-refractivity contribution in [3.8, 4) is 0 Å². The topological polar surface area (TPSA) is 68.9 Å². The van der Waals surface area contributed by atoms with Crippen LogP contribution in [0.25, 0.3) is 0 Å². The number of nitrogens with zero attached hydrogens (tertiary/aromatic N) is 3. The van der Waals surface area contributed by atoms with Crippen LogP contribution < -0.4 is 10.7 Å². The minimum absolute atomic E-state index is 0.241. The molecule has 1 unspecified atom stereocenters. The number of carbonyl (C=O) groups is 1. The van der Waals surface area contributed by atoms with E-state index in [-0.39, 0.29) is 17.0 Å². The Morgan fingerprint density at radius 2 is 2.05 bits per heavy atom. The average Bonchev–Trinajstić information content (AvgIpc) is 2.73. The van der Waals surface area contributed by atoms with Crippen LogP contribution in [-0.2, 0) is 11.8 Å². The van der Waals surface area contributed by atoms with E-state index in [2.05, 4.69) is 26.3 Å². The Balaban J connectivity index is 2.26. The first-order valence-electron chi connectivity index (χ1n) is 6.49. The van der Waals surface area contributed by atoms with Crippen molar-refractivity contribution in [3.05, 3.63) is 44.5 Å². The quantitative estimate of drug-likeness (QED) is 0.920. The van der Waals surface area contributed by atoms with Gasteiger partial charge in [-0.2, -0.15) is 5.10 Å². The van der Waals surface area contributed by atoms with E-state index in [1.807, 2.05) is 19.9 Å². The zero-order valence-corrected chi connectivity index (χ0v) is 13.9. The maximum absolute atomic E-state index is 12.3. The molecule has 0 aliphatic heterocycles. The molecule has 0 spiro atoms. The summed E-state index contributed by atoms with van der Waals surface area (Å²) in [7, 11) is 1.78. The molecule has 0 saturated heterocycles. The third-order valence-corrected chi connectivity index (χ3v) is 3.72. The fourth-order valence-electron chi connectivity index (χ4n) is 2.14. The van der Waals surface area contributed by atoms with Crippen LogP contribution in [0.15, 0.2) is 27.7 Å². The van der Waals surface area contributed by atoms with E-state index in [0.29, 0.717) is 4.47 Å². The molecule has 0 aliphatic carbocycles. The van der Waals surface area contributed by atoms with Gasteiger partial charge in [-0.15, -0.1) is 0 Å². The molecular weight excluding hydrogens is 336 g/mol. The number of amides is 1. The number of nitrogens with one attached hydrogen (secondary N) is 1. The van der Waals surface area contributed by atoms with Crippen LogP contribution in [0.2, 0.25) is 0 Å². The number of hydrogen-bond acceptors (Lipinski definition) is 3. The SMILES string of the molecule is Cc1cc(C)n(C(C)C(=O)Nc2cn(C)cc(Br)c2=O)n1.